The van der Waals surface area contributed by atoms with E-state index >= 15 is 0 Å². The van der Waals surface area contributed by atoms with Gasteiger partial charge in [0.25, 0.3) is 0 Å². The van der Waals surface area contributed by atoms with Gasteiger partial charge in [-0.05, 0) is 44.1 Å². The summed E-state index contributed by atoms with van der Waals surface area (Å²) < 4.78 is 23.1. The molecule has 1 aliphatic heterocycles. The number of ether oxygens (including phenoxy) is 1. The van der Waals surface area contributed by atoms with Gasteiger partial charge in [-0.1, -0.05) is 31.2 Å². The van der Waals surface area contributed by atoms with Crippen LogP contribution in [0.4, 0.5) is 11.5 Å². The van der Waals surface area contributed by atoms with E-state index < -0.39 is 13.2 Å². The minimum absolute atomic E-state index is 0.131. The third-order valence-corrected chi connectivity index (χ3v) is 7.48. The summed E-state index contributed by atoms with van der Waals surface area (Å²) in [6, 6.07) is 10.1. The van der Waals surface area contributed by atoms with Gasteiger partial charge in [0.1, 0.15) is 18.1 Å². The Labute approximate surface area is 186 Å². The molecule has 2 atom stereocenters. The molecule has 1 aromatic carbocycles. The molecule has 2 aromatic rings. The fraction of sp³-hybridized carbons (Fsp3) is 0.455. The van der Waals surface area contributed by atoms with Crippen LogP contribution in [0.5, 0.6) is 5.88 Å². The van der Waals surface area contributed by atoms with Gasteiger partial charge in [-0.2, -0.15) is 10.2 Å². The van der Waals surface area contributed by atoms with Crippen LogP contribution in [-0.4, -0.2) is 38.4 Å². The van der Waals surface area contributed by atoms with Gasteiger partial charge in [-0.25, -0.2) is 9.98 Å². The number of fused-ring (bicyclic) bond motifs is 1. The lowest BCUT2D eigenvalue weighted by molar-refractivity contribution is 0.128. The van der Waals surface area contributed by atoms with Crippen molar-refractivity contribution in [1.82, 2.24) is 9.97 Å². The number of nitrogens with two attached hydrogens (primary N) is 1. The number of aliphatic imine (C=N–C) groups is 1. The lowest BCUT2D eigenvalue weighted by Gasteiger charge is -2.31. The van der Waals surface area contributed by atoms with Crippen molar-refractivity contribution in [3.8, 4) is 11.9 Å². The molecule has 0 saturated heterocycles. The quantitative estimate of drug-likeness (QED) is 0.641. The third kappa shape index (κ3) is 4.40. The predicted molar refractivity (Wildman–Crippen MR) is 120 cm³/mol. The van der Waals surface area contributed by atoms with Crippen LogP contribution in [0.25, 0.3) is 0 Å². The number of hydrogen-bond acceptors (Lipinski definition) is 8. The molecular formula is C22H26N5O4P. The Morgan fingerprint density at radius 1 is 1.28 bits per heavy atom. The fourth-order valence-corrected chi connectivity index (χ4v) is 4.98. The maximum atomic E-state index is 11.8. The molecule has 1 saturated carbocycles. The molecule has 3 N–H and O–H groups in total. The second-order valence-corrected chi connectivity index (χ2v) is 10.4. The first-order valence-electron chi connectivity index (χ1n) is 10.6. The van der Waals surface area contributed by atoms with E-state index in [1.54, 1.807) is 13.8 Å². The minimum Gasteiger partial charge on any atom is -0.448 e. The molecule has 2 unspecified atom stereocenters. The van der Waals surface area contributed by atoms with Crippen molar-refractivity contribution in [2.45, 2.75) is 57.2 Å². The third-order valence-electron chi connectivity index (χ3n) is 6.05. The maximum Gasteiger partial charge on any atom is 0.328 e. The standard InChI is InChI=1S/C22H26N5O4P/c1-3-32(28,29)31-17-10-8-15(9-11-17)14-4-6-16(7-5-14)19-22(2,12-23)30-21-18(27-19)20(24)25-13-26-21/h4-7,13,15,17H,3,8-11H2,1-2H3,(H,28,29)(H2,24,25,26). The SMILES string of the molecule is CCP(=O)(O)OC1CCC(c2ccc(C3=Nc4c(N)ncnc4OC3(C)C#N)cc2)CC1. The molecule has 0 radical (unpaired) electrons. The number of nitriles is 1. The second kappa shape index (κ2) is 8.62. The molecular weight excluding hydrogens is 429 g/mol. The molecule has 1 aliphatic carbocycles. The highest BCUT2D eigenvalue weighted by molar-refractivity contribution is 7.52. The van der Waals surface area contributed by atoms with Crippen LogP contribution in [0.3, 0.4) is 0 Å². The number of hydrogen-bond donors (Lipinski definition) is 2. The van der Waals surface area contributed by atoms with Crippen LogP contribution in [-0.2, 0) is 9.09 Å². The van der Waals surface area contributed by atoms with Crippen LogP contribution in [0.15, 0.2) is 35.6 Å². The molecule has 0 amide bonds. The lowest BCUT2D eigenvalue weighted by atomic mass is 9.82. The summed E-state index contributed by atoms with van der Waals surface area (Å²) in [4.78, 5) is 22.3. The Morgan fingerprint density at radius 2 is 1.97 bits per heavy atom. The van der Waals surface area contributed by atoms with E-state index in [1.807, 2.05) is 24.3 Å². The Balaban J connectivity index is 1.52. The topological polar surface area (TPSA) is 144 Å². The Hall–Kier alpha value is -2.79. The molecule has 2 aliphatic rings. The number of benzene rings is 1. The van der Waals surface area contributed by atoms with E-state index in [9.17, 15) is 14.7 Å². The molecule has 2 heterocycles. The predicted octanol–water partition coefficient (Wildman–Crippen LogP) is 4.10. The van der Waals surface area contributed by atoms with Crippen molar-refractivity contribution in [1.29, 1.82) is 5.26 Å². The summed E-state index contributed by atoms with van der Waals surface area (Å²) in [5.74, 6) is 0.732. The molecule has 168 valence electrons. The van der Waals surface area contributed by atoms with Crippen LogP contribution >= 0.6 is 7.60 Å². The van der Waals surface area contributed by atoms with Crippen molar-refractivity contribution in [2.24, 2.45) is 4.99 Å². The van der Waals surface area contributed by atoms with E-state index in [-0.39, 0.29) is 24.0 Å². The summed E-state index contributed by atoms with van der Waals surface area (Å²) in [6.45, 7) is 3.31. The van der Waals surface area contributed by atoms with Gasteiger partial charge in [0, 0.05) is 11.7 Å². The summed E-state index contributed by atoms with van der Waals surface area (Å²) in [5, 5.41) is 9.78. The van der Waals surface area contributed by atoms with E-state index in [4.69, 9.17) is 15.0 Å². The molecule has 1 aromatic heterocycles. The highest BCUT2D eigenvalue weighted by Crippen LogP contribution is 2.46. The van der Waals surface area contributed by atoms with E-state index in [0.717, 1.165) is 31.2 Å². The number of anilines is 1. The fourth-order valence-electron chi connectivity index (χ4n) is 4.15. The monoisotopic (exact) mass is 455 g/mol. The zero-order valence-electron chi connectivity index (χ0n) is 18.1. The van der Waals surface area contributed by atoms with Gasteiger partial charge >= 0.3 is 7.60 Å². The number of nitrogens with zero attached hydrogens (tertiary/aromatic N) is 4. The molecule has 10 heteroatoms. The molecule has 4 rings (SSSR count). The van der Waals surface area contributed by atoms with Crippen molar-refractivity contribution in [3.05, 3.63) is 41.7 Å². The van der Waals surface area contributed by atoms with Crippen molar-refractivity contribution >= 4 is 24.8 Å². The zero-order chi connectivity index (χ0) is 22.9. The molecule has 0 bridgehead atoms. The summed E-state index contributed by atoms with van der Waals surface area (Å²) >= 11 is 0. The average molecular weight is 455 g/mol. The maximum absolute atomic E-state index is 11.8. The first kappa shape index (κ1) is 22.4. The van der Waals surface area contributed by atoms with E-state index in [1.165, 1.54) is 11.9 Å². The van der Waals surface area contributed by atoms with E-state index in [2.05, 4.69) is 21.0 Å². The van der Waals surface area contributed by atoms with Gasteiger partial charge in [0.05, 0.1) is 6.10 Å². The average Bonchev–Trinajstić information content (AvgIpc) is 2.79. The Bertz CT molecular complexity index is 1120. The minimum atomic E-state index is -3.47. The van der Waals surface area contributed by atoms with Gasteiger partial charge < -0.3 is 19.9 Å². The highest BCUT2D eigenvalue weighted by atomic mass is 31.2. The number of aromatic nitrogens is 2. The second-order valence-electron chi connectivity index (χ2n) is 8.27. The molecule has 1 fully saturated rings. The first-order chi connectivity index (χ1) is 15.2. The lowest BCUT2D eigenvalue weighted by Crippen LogP contribution is -2.42. The van der Waals surface area contributed by atoms with Crippen LogP contribution in [0.1, 0.15) is 56.6 Å². The molecule has 0 spiro atoms. The van der Waals surface area contributed by atoms with Crippen LogP contribution in [0.2, 0.25) is 0 Å². The number of nitrogen functional groups attached to an aromatic ring is 1. The summed E-state index contributed by atoms with van der Waals surface area (Å²) in [7, 11) is -3.47. The number of rotatable bonds is 5. The van der Waals surface area contributed by atoms with Gasteiger partial charge in [-0.15, -0.1) is 0 Å². The summed E-state index contributed by atoms with van der Waals surface area (Å²) in [5.41, 5.74) is 7.34. The van der Waals surface area contributed by atoms with E-state index in [0.29, 0.717) is 17.3 Å². The van der Waals surface area contributed by atoms with Crippen molar-refractivity contribution < 1.29 is 18.7 Å². The van der Waals surface area contributed by atoms with Crippen molar-refractivity contribution in [2.75, 3.05) is 11.9 Å². The Morgan fingerprint density at radius 3 is 2.59 bits per heavy atom. The van der Waals surface area contributed by atoms with Crippen molar-refractivity contribution in [3.63, 3.8) is 0 Å². The molecule has 9 nitrogen and oxygen atoms in total. The molecule has 32 heavy (non-hydrogen) atoms. The first-order valence-corrected chi connectivity index (χ1v) is 12.4. The van der Waals surface area contributed by atoms with Gasteiger partial charge in [0.2, 0.25) is 11.5 Å². The highest BCUT2D eigenvalue weighted by Gasteiger charge is 2.40. The Kier molecular flexibility index (Phi) is 6.04. The zero-order valence-corrected chi connectivity index (χ0v) is 19.0. The smallest absolute Gasteiger partial charge is 0.328 e. The van der Waals surface area contributed by atoms with Crippen LogP contribution in [0, 0.1) is 11.3 Å². The van der Waals surface area contributed by atoms with Crippen LogP contribution < -0.4 is 10.5 Å². The van der Waals surface area contributed by atoms with Gasteiger partial charge in [-0.3, -0.25) is 4.57 Å². The normalized spacial score (nSPS) is 26.8. The summed E-state index contributed by atoms with van der Waals surface area (Å²) in [6.07, 6.45) is 4.51. The largest absolute Gasteiger partial charge is 0.448 e. The van der Waals surface area contributed by atoms with Gasteiger partial charge in [0.15, 0.2) is 11.5 Å².